The number of carbonyl (C=O) groups is 1. The molecule has 0 aromatic rings. The summed E-state index contributed by atoms with van der Waals surface area (Å²) in [5, 5.41) is 32.5. The summed E-state index contributed by atoms with van der Waals surface area (Å²) in [7, 11) is 0. The monoisotopic (exact) mass is 504 g/mol. The van der Waals surface area contributed by atoms with Crippen molar-refractivity contribution in [3.8, 4) is 0 Å². The minimum Gasteiger partial charge on any atom is -0.458 e. The lowest BCUT2D eigenvalue weighted by atomic mass is 9.43. The van der Waals surface area contributed by atoms with E-state index >= 15 is 0 Å². The third kappa shape index (κ3) is 3.67. The summed E-state index contributed by atoms with van der Waals surface area (Å²) in [6.07, 6.45) is 8.64. The van der Waals surface area contributed by atoms with Gasteiger partial charge in [-0.15, -0.1) is 0 Å². The molecule has 7 nitrogen and oxygen atoms in total. The van der Waals surface area contributed by atoms with E-state index in [-0.39, 0.29) is 28.8 Å². The van der Waals surface area contributed by atoms with Crippen molar-refractivity contribution in [3.63, 3.8) is 0 Å². The predicted octanol–water partition coefficient (Wildman–Crippen LogP) is 3.49. The zero-order chi connectivity index (χ0) is 25.5. The minimum absolute atomic E-state index is 0.110. The summed E-state index contributed by atoms with van der Waals surface area (Å²) in [6.45, 7) is 6.92. The molecule has 4 saturated carbocycles. The maximum atomic E-state index is 12.4. The number of cyclic esters (lactones) is 1. The summed E-state index contributed by atoms with van der Waals surface area (Å²) < 4.78 is 17.4. The van der Waals surface area contributed by atoms with Crippen LogP contribution in [0.3, 0.4) is 0 Å². The van der Waals surface area contributed by atoms with E-state index in [4.69, 9.17) is 14.2 Å². The molecule has 4 aliphatic carbocycles. The third-order valence-corrected chi connectivity index (χ3v) is 12.0. The van der Waals surface area contributed by atoms with E-state index in [0.29, 0.717) is 30.8 Å². The summed E-state index contributed by atoms with van der Waals surface area (Å²) in [4.78, 5) is 11.8. The second kappa shape index (κ2) is 8.77. The highest BCUT2D eigenvalue weighted by molar-refractivity contribution is 5.85. The summed E-state index contributed by atoms with van der Waals surface area (Å²) in [6, 6.07) is 0. The molecule has 12 unspecified atom stereocenters. The molecule has 0 amide bonds. The second-order valence-electron chi connectivity index (χ2n) is 13.4. The highest BCUT2D eigenvalue weighted by atomic mass is 16.7. The van der Waals surface area contributed by atoms with Crippen LogP contribution >= 0.6 is 0 Å². The van der Waals surface area contributed by atoms with Crippen molar-refractivity contribution in [1.82, 2.24) is 0 Å². The first-order valence-electron chi connectivity index (χ1n) is 14.3. The van der Waals surface area contributed by atoms with Crippen LogP contribution in [0.25, 0.3) is 0 Å². The number of esters is 1. The van der Waals surface area contributed by atoms with Crippen LogP contribution in [0.5, 0.6) is 0 Å². The zero-order valence-corrected chi connectivity index (χ0v) is 22.0. The highest BCUT2D eigenvalue weighted by Gasteiger charge is 2.67. The normalized spacial score (nSPS) is 54.8. The second-order valence-corrected chi connectivity index (χ2v) is 13.4. The molecular formula is C29H44O7. The maximum Gasteiger partial charge on any atom is 0.331 e. The Balaban J connectivity index is 1.15. The molecule has 0 aromatic carbocycles. The van der Waals surface area contributed by atoms with Gasteiger partial charge in [0.25, 0.3) is 0 Å². The smallest absolute Gasteiger partial charge is 0.331 e. The van der Waals surface area contributed by atoms with Crippen LogP contribution in [0.1, 0.15) is 85.0 Å². The van der Waals surface area contributed by atoms with Crippen molar-refractivity contribution < 1.29 is 34.3 Å². The van der Waals surface area contributed by atoms with Gasteiger partial charge in [-0.25, -0.2) is 4.79 Å². The molecule has 0 spiro atoms. The standard InChI is InChI=1S/C29H44O7/c1-16-26(32)23(30)14-25(35-16)36-19-6-9-27(2)18(13-19)4-5-22-21(27)7-10-28(3)20(8-11-29(22,28)33)17-12-24(31)34-15-17/h12,16,18-23,25-26,30,32-33H,4-11,13-15H2,1-3H3. The Bertz CT molecular complexity index is 907. The molecular weight excluding hydrogens is 460 g/mol. The van der Waals surface area contributed by atoms with Crippen molar-refractivity contribution >= 4 is 5.97 Å². The fraction of sp³-hybridized carbons (Fsp3) is 0.897. The Morgan fingerprint density at radius 1 is 1.00 bits per heavy atom. The first-order chi connectivity index (χ1) is 17.0. The van der Waals surface area contributed by atoms with Gasteiger partial charge in [-0.2, -0.15) is 0 Å². The summed E-state index contributed by atoms with van der Waals surface area (Å²) in [5.41, 5.74) is 0.404. The first kappa shape index (κ1) is 25.3. The lowest BCUT2D eigenvalue weighted by Gasteiger charge is -2.63. The van der Waals surface area contributed by atoms with Gasteiger partial charge in [-0.05, 0) is 99.4 Å². The van der Waals surface area contributed by atoms with Crippen LogP contribution in [0.15, 0.2) is 11.6 Å². The van der Waals surface area contributed by atoms with Crippen LogP contribution < -0.4 is 0 Å². The van der Waals surface area contributed by atoms with Crippen molar-refractivity contribution in [2.75, 3.05) is 6.61 Å². The number of aliphatic hydroxyl groups excluding tert-OH is 2. The first-order valence-corrected chi connectivity index (χ1v) is 14.3. The van der Waals surface area contributed by atoms with Crippen LogP contribution in [0.4, 0.5) is 0 Å². The largest absolute Gasteiger partial charge is 0.458 e. The molecule has 2 aliphatic heterocycles. The molecule has 0 radical (unpaired) electrons. The average molecular weight is 505 g/mol. The number of ether oxygens (including phenoxy) is 3. The summed E-state index contributed by atoms with van der Waals surface area (Å²) >= 11 is 0. The van der Waals surface area contributed by atoms with Gasteiger partial charge >= 0.3 is 5.97 Å². The molecule has 36 heavy (non-hydrogen) atoms. The third-order valence-electron chi connectivity index (χ3n) is 12.0. The maximum absolute atomic E-state index is 12.4. The lowest BCUT2D eigenvalue weighted by Crippen LogP contribution is -2.62. The van der Waals surface area contributed by atoms with Gasteiger partial charge in [0.2, 0.25) is 0 Å². The number of carbonyl (C=O) groups excluding carboxylic acids is 1. The topological polar surface area (TPSA) is 105 Å². The lowest BCUT2D eigenvalue weighted by molar-refractivity contribution is -0.270. The molecule has 1 saturated heterocycles. The molecule has 7 heteroatoms. The van der Waals surface area contributed by atoms with E-state index in [1.54, 1.807) is 13.0 Å². The Hall–Kier alpha value is -0.990. The average Bonchev–Trinajstić information content (AvgIpc) is 3.37. The molecule has 3 N–H and O–H groups in total. The Morgan fingerprint density at radius 2 is 1.81 bits per heavy atom. The van der Waals surface area contributed by atoms with Gasteiger partial charge in [0.15, 0.2) is 6.29 Å². The van der Waals surface area contributed by atoms with E-state index in [2.05, 4.69) is 13.8 Å². The van der Waals surface area contributed by atoms with Gasteiger partial charge in [-0.1, -0.05) is 13.8 Å². The van der Waals surface area contributed by atoms with Crippen molar-refractivity contribution in [1.29, 1.82) is 0 Å². The Labute approximate surface area is 214 Å². The van der Waals surface area contributed by atoms with Gasteiger partial charge in [-0.3, -0.25) is 0 Å². The van der Waals surface area contributed by atoms with Crippen LogP contribution in [-0.4, -0.2) is 64.2 Å². The van der Waals surface area contributed by atoms with Crippen molar-refractivity contribution in [3.05, 3.63) is 11.6 Å². The van der Waals surface area contributed by atoms with E-state index in [1.807, 2.05) is 0 Å². The molecule has 6 rings (SSSR count). The van der Waals surface area contributed by atoms with E-state index < -0.39 is 30.2 Å². The fourth-order valence-corrected chi connectivity index (χ4v) is 9.82. The molecule has 12 atom stereocenters. The van der Waals surface area contributed by atoms with Gasteiger partial charge < -0.3 is 29.5 Å². The Morgan fingerprint density at radius 3 is 2.53 bits per heavy atom. The van der Waals surface area contributed by atoms with Gasteiger partial charge in [0.05, 0.1) is 23.9 Å². The minimum atomic E-state index is -0.856. The number of hydrogen-bond acceptors (Lipinski definition) is 7. The molecule has 202 valence electrons. The number of fused-ring (bicyclic) bond motifs is 5. The SMILES string of the molecule is CC1OC(OC2CCC3(C)C(CCC4C3CCC3(C)C(C5=CC(=O)OC5)CCC43O)C2)CC(O)C1O. The molecule has 0 aromatic heterocycles. The van der Waals surface area contributed by atoms with E-state index in [9.17, 15) is 20.1 Å². The number of hydrogen-bond donors (Lipinski definition) is 3. The summed E-state index contributed by atoms with van der Waals surface area (Å²) in [5.74, 6) is 1.37. The zero-order valence-electron chi connectivity index (χ0n) is 22.0. The van der Waals surface area contributed by atoms with Crippen molar-refractivity contribution in [2.45, 2.75) is 121 Å². The van der Waals surface area contributed by atoms with Crippen molar-refractivity contribution in [2.24, 2.45) is 34.5 Å². The fourth-order valence-electron chi connectivity index (χ4n) is 9.82. The predicted molar refractivity (Wildman–Crippen MR) is 132 cm³/mol. The molecule has 6 aliphatic rings. The Kier molecular flexibility index (Phi) is 6.16. The number of rotatable bonds is 3. The molecule has 0 bridgehead atoms. The quantitative estimate of drug-likeness (QED) is 0.399. The molecule has 2 heterocycles. The van der Waals surface area contributed by atoms with Gasteiger partial charge in [0, 0.05) is 17.9 Å². The number of aliphatic hydroxyl groups is 3. The van der Waals surface area contributed by atoms with Crippen LogP contribution in [0, 0.1) is 34.5 Å². The van der Waals surface area contributed by atoms with E-state index in [1.165, 1.54) is 0 Å². The highest BCUT2D eigenvalue weighted by Crippen LogP contribution is 2.70. The van der Waals surface area contributed by atoms with E-state index in [0.717, 1.165) is 63.4 Å². The van der Waals surface area contributed by atoms with Crippen LogP contribution in [-0.2, 0) is 19.0 Å². The van der Waals surface area contributed by atoms with Gasteiger partial charge in [0.1, 0.15) is 12.7 Å². The molecule has 5 fully saturated rings. The van der Waals surface area contributed by atoms with Crippen LogP contribution in [0.2, 0.25) is 0 Å².